The fourth-order valence-electron chi connectivity index (χ4n) is 4.75. The van der Waals surface area contributed by atoms with Crippen molar-refractivity contribution in [2.75, 3.05) is 39.3 Å². The second-order valence-electron chi connectivity index (χ2n) is 8.51. The van der Waals surface area contributed by atoms with E-state index in [0.29, 0.717) is 31.3 Å². The number of rotatable bonds is 8. The average molecular weight is 401 g/mol. The van der Waals surface area contributed by atoms with Gasteiger partial charge < -0.3 is 14.5 Å². The zero-order chi connectivity index (χ0) is 20.5. The van der Waals surface area contributed by atoms with Crippen LogP contribution < -0.4 is 0 Å². The molecular formula is C24H36N2O3. The summed E-state index contributed by atoms with van der Waals surface area (Å²) < 4.78 is 5.21. The van der Waals surface area contributed by atoms with Gasteiger partial charge in [0.05, 0.1) is 13.0 Å². The molecule has 3 rings (SSSR count). The highest BCUT2D eigenvalue weighted by molar-refractivity contribution is 5.79. The summed E-state index contributed by atoms with van der Waals surface area (Å²) >= 11 is 0. The molecule has 0 spiro atoms. The number of carbonyl (C=O) groups is 2. The van der Waals surface area contributed by atoms with Gasteiger partial charge in [0, 0.05) is 19.5 Å². The lowest BCUT2D eigenvalue weighted by atomic mass is 9.80. The topological polar surface area (TPSA) is 49.9 Å². The lowest BCUT2D eigenvalue weighted by Crippen LogP contribution is -2.46. The van der Waals surface area contributed by atoms with Gasteiger partial charge in [0.15, 0.2) is 0 Å². The van der Waals surface area contributed by atoms with Crippen LogP contribution in [0.1, 0.15) is 51.0 Å². The molecular weight excluding hydrogens is 364 g/mol. The molecule has 160 valence electrons. The van der Waals surface area contributed by atoms with Crippen molar-refractivity contribution in [2.24, 2.45) is 11.8 Å². The first-order valence-corrected chi connectivity index (χ1v) is 11.4. The van der Waals surface area contributed by atoms with Crippen LogP contribution in [0.2, 0.25) is 0 Å². The summed E-state index contributed by atoms with van der Waals surface area (Å²) in [5.74, 6) is 0.799. The Labute approximate surface area is 175 Å². The summed E-state index contributed by atoms with van der Waals surface area (Å²) in [6.45, 7) is 7.25. The number of carbonyl (C=O) groups excluding carboxylic acids is 2. The maximum Gasteiger partial charge on any atom is 0.306 e. The molecule has 5 nitrogen and oxygen atoms in total. The Balaban J connectivity index is 1.58. The van der Waals surface area contributed by atoms with E-state index in [1.807, 2.05) is 42.2 Å². The summed E-state index contributed by atoms with van der Waals surface area (Å²) in [5.41, 5.74) is 1.07. The van der Waals surface area contributed by atoms with E-state index in [-0.39, 0.29) is 11.9 Å². The molecule has 0 aliphatic carbocycles. The number of benzene rings is 1. The van der Waals surface area contributed by atoms with Crippen molar-refractivity contribution in [3.05, 3.63) is 35.9 Å². The van der Waals surface area contributed by atoms with Gasteiger partial charge in [0.1, 0.15) is 0 Å². The minimum Gasteiger partial charge on any atom is -0.466 e. The van der Waals surface area contributed by atoms with Crippen molar-refractivity contribution in [1.82, 2.24) is 9.80 Å². The van der Waals surface area contributed by atoms with Gasteiger partial charge in [-0.15, -0.1) is 0 Å². The first-order chi connectivity index (χ1) is 14.2. The Bertz CT molecular complexity index is 643. The van der Waals surface area contributed by atoms with Crippen molar-refractivity contribution in [1.29, 1.82) is 0 Å². The molecule has 2 aliphatic rings. The molecule has 29 heavy (non-hydrogen) atoms. The van der Waals surface area contributed by atoms with Crippen LogP contribution >= 0.6 is 0 Å². The summed E-state index contributed by atoms with van der Waals surface area (Å²) in [6.07, 6.45) is 6.81. The van der Waals surface area contributed by atoms with Gasteiger partial charge in [-0.2, -0.15) is 0 Å². The molecule has 2 unspecified atom stereocenters. The molecule has 5 heteroatoms. The van der Waals surface area contributed by atoms with Gasteiger partial charge in [0.25, 0.3) is 0 Å². The maximum atomic E-state index is 12.9. The lowest BCUT2D eigenvalue weighted by Gasteiger charge is -2.39. The lowest BCUT2D eigenvalue weighted by molar-refractivity contribution is -0.145. The molecule has 0 aromatic heterocycles. The Kier molecular flexibility index (Phi) is 8.53. The van der Waals surface area contributed by atoms with Gasteiger partial charge in [-0.3, -0.25) is 9.59 Å². The molecule has 0 bridgehead atoms. The van der Waals surface area contributed by atoms with Gasteiger partial charge in [0.2, 0.25) is 5.91 Å². The SMILES string of the molecule is CCOC(=O)CC1CCN(C(=O)Cc2ccccc2)CC1CCN1CCCCC1. The van der Waals surface area contributed by atoms with Gasteiger partial charge in [-0.25, -0.2) is 0 Å². The number of amides is 1. The van der Waals surface area contributed by atoms with E-state index < -0.39 is 0 Å². The van der Waals surface area contributed by atoms with Crippen LogP contribution in [0.4, 0.5) is 0 Å². The zero-order valence-electron chi connectivity index (χ0n) is 17.9. The smallest absolute Gasteiger partial charge is 0.306 e. The average Bonchev–Trinajstić information content (AvgIpc) is 2.74. The second kappa shape index (κ2) is 11.3. The molecule has 1 aromatic carbocycles. The Morgan fingerprint density at radius 2 is 1.79 bits per heavy atom. The number of piperidine rings is 2. The van der Waals surface area contributed by atoms with E-state index in [1.54, 1.807) is 0 Å². The van der Waals surface area contributed by atoms with Crippen LogP contribution in [0.3, 0.4) is 0 Å². The molecule has 0 N–H and O–H groups in total. The van der Waals surface area contributed by atoms with E-state index >= 15 is 0 Å². The highest BCUT2D eigenvalue weighted by atomic mass is 16.5. The normalized spacial score (nSPS) is 23.0. The minimum absolute atomic E-state index is 0.0930. The quantitative estimate of drug-likeness (QED) is 0.627. The third-order valence-corrected chi connectivity index (χ3v) is 6.44. The van der Waals surface area contributed by atoms with Gasteiger partial charge in [-0.1, -0.05) is 36.8 Å². The standard InChI is InChI=1S/C24H36N2O3/c1-2-29-24(28)18-21-12-16-26(23(27)17-20-9-5-3-6-10-20)19-22(21)11-15-25-13-7-4-8-14-25/h3,5-6,9-10,21-22H,2,4,7-8,11-19H2,1H3. The molecule has 0 saturated carbocycles. The maximum absolute atomic E-state index is 12.9. The molecule has 2 heterocycles. The number of nitrogens with zero attached hydrogens (tertiary/aromatic N) is 2. The van der Waals surface area contributed by atoms with Gasteiger partial charge in [-0.05, 0) is 69.6 Å². The zero-order valence-corrected chi connectivity index (χ0v) is 17.9. The van der Waals surface area contributed by atoms with Gasteiger partial charge >= 0.3 is 5.97 Å². The van der Waals surface area contributed by atoms with E-state index in [2.05, 4.69) is 4.90 Å². The number of hydrogen-bond acceptors (Lipinski definition) is 4. The van der Waals surface area contributed by atoms with E-state index in [9.17, 15) is 9.59 Å². The van der Waals surface area contributed by atoms with E-state index in [1.165, 1.54) is 32.4 Å². The number of hydrogen-bond donors (Lipinski definition) is 0. The summed E-state index contributed by atoms with van der Waals surface area (Å²) in [6, 6.07) is 9.97. The first-order valence-electron chi connectivity index (χ1n) is 11.4. The minimum atomic E-state index is -0.0930. The van der Waals surface area contributed by atoms with Crippen molar-refractivity contribution in [3.63, 3.8) is 0 Å². The molecule has 2 aliphatic heterocycles. The highest BCUT2D eigenvalue weighted by Crippen LogP contribution is 2.30. The summed E-state index contributed by atoms with van der Waals surface area (Å²) in [5, 5.41) is 0. The fraction of sp³-hybridized carbons (Fsp3) is 0.667. The van der Waals surface area contributed by atoms with Crippen LogP contribution in [0.15, 0.2) is 30.3 Å². The van der Waals surface area contributed by atoms with Crippen molar-refractivity contribution in [2.45, 2.75) is 51.9 Å². The third kappa shape index (κ3) is 6.84. The van der Waals surface area contributed by atoms with Crippen LogP contribution in [0, 0.1) is 11.8 Å². The number of ether oxygens (including phenoxy) is 1. The first kappa shape index (κ1) is 21.8. The van der Waals surface area contributed by atoms with Crippen LogP contribution in [0.25, 0.3) is 0 Å². The van der Waals surface area contributed by atoms with Crippen molar-refractivity contribution in [3.8, 4) is 0 Å². The second-order valence-corrected chi connectivity index (χ2v) is 8.51. The number of esters is 1. The summed E-state index contributed by atoms with van der Waals surface area (Å²) in [7, 11) is 0. The van der Waals surface area contributed by atoms with Crippen LogP contribution in [-0.4, -0.2) is 61.0 Å². The Morgan fingerprint density at radius 1 is 1.03 bits per heavy atom. The molecule has 2 fully saturated rings. The molecule has 2 saturated heterocycles. The molecule has 2 atom stereocenters. The Hall–Kier alpha value is -1.88. The van der Waals surface area contributed by atoms with Crippen LogP contribution in [-0.2, 0) is 20.7 Å². The van der Waals surface area contributed by atoms with Crippen LogP contribution in [0.5, 0.6) is 0 Å². The molecule has 1 aromatic rings. The van der Waals surface area contributed by atoms with E-state index in [4.69, 9.17) is 4.74 Å². The van der Waals surface area contributed by atoms with E-state index in [0.717, 1.165) is 38.0 Å². The van der Waals surface area contributed by atoms with Crippen molar-refractivity contribution < 1.29 is 14.3 Å². The highest BCUT2D eigenvalue weighted by Gasteiger charge is 2.33. The number of likely N-dealkylation sites (tertiary alicyclic amines) is 2. The molecule has 1 amide bonds. The fourth-order valence-corrected chi connectivity index (χ4v) is 4.75. The largest absolute Gasteiger partial charge is 0.466 e. The predicted molar refractivity (Wildman–Crippen MR) is 114 cm³/mol. The molecule has 0 radical (unpaired) electrons. The van der Waals surface area contributed by atoms with Crippen molar-refractivity contribution >= 4 is 11.9 Å². The summed E-state index contributed by atoms with van der Waals surface area (Å²) in [4.78, 5) is 29.6. The Morgan fingerprint density at radius 3 is 2.52 bits per heavy atom. The monoisotopic (exact) mass is 400 g/mol. The third-order valence-electron chi connectivity index (χ3n) is 6.44. The predicted octanol–water partition coefficient (Wildman–Crippen LogP) is 3.52.